The predicted molar refractivity (Wildman–Crippen MR) is 110 cm³/mol. The van der Waals surface area contributed by atoms with Gasteiger partial charge in [-0.15, -0.1) is 11.3 Å². The van der Waals surface area contributed by atoms with Gasteiger partial charge < -0.3 is 0 Å². The van der Waals surface area contributed by atoms with Gasteiger partial charge in [0.15, 0.2) is 0 Å². The maximum Gasteiger partial charge on any atom is 0.0355 e. The summed E-state index contributed by atoms with van der Waals surface area (Å²) >= 11 is 1.82. The summed E-state index contributed by atoms with van der Waals surface area (Å²) in [4.78, 5) is 1.32. The molecule has 1 aromatic heterocycles. The molecule has 0 N–H and O–H groups in total. The van der Waals surface area contributed by atoms with Crippen molar-refractivity contribution < 1.29 is 0 Å². The van der Waals surface area contributed by atoms with Crippen molar-refractivity contribution in [2.75, 3.05) is 0 Å². The second kappa shape index (κ2) is 5.87. The summed E-state index contributed by atoms with van der Waals surface area (Å²) in [6.07, 6.45) is 0. The molecule has 1 heterocycles. The Morgan fingerprint density at radius 1 is 0.520 bits per heavy atom. The van der Waals surface area contributed by atoms with E-state index in [1.54, 1.807) is 0 Å². The third-order valence-corrected chi connectivity index (χ3v) is 5.68. The van der Waals surface area contributed by atoms with Crippen LogP contribution in [0.3, 0.4) is 0 Å². The van der Waals surface area contributed by atoms with Gasteiger partial charge in [-0.25, -0.2) is 0 Å². The van der Waals surface area contributed by atoms with Crippen molar-refractivity contribution in [2.24, 2.45) is 0 Å². The summed E-state index contributed by atoms with van der Waals surface area (Å²) in [6.45, 7) is 0. The minimum atomic E-state index is 1.27. The number of hydrogen-bond donors (Lipinski definition) is 0. The van der Waals surface area contributed by atoms with E-state index in [2.05, 4.69) is 96.4 Å². The number of thiophene rings is 1. The summed E-state index contributed by atoms with van der Waals surface area (Å²) in [6, 6.07) is 32.7. The molecule has 0 bridgehead atoms. The van der Waals surface area contributed by atoms with Gasteiger partial charge in [0.05, 0.1) is 0 Å². The van der Waals surface area contributed by atoms with Crippen molar-refractivity contribution in [2.45, 2.75) is 0 Å². The molecule has 0 aliphatic carbocycles. The van der Waals surface area contributed by atoms with E-state index in [9.17, 15) is 0 Å². The van der Waals surface area contributed by atoms with Crippen molar-refractivity contribution in [3.63, 3.8) is 0 Å². The van der Waals surface area contributed by atoms with Gasteiger partial charge in [0.1, 0.15) is 0 Å². The van der Waals surface area contributed by atoms with E-state index < -0.39 is 0 Å². The van der Waals surface area contributed by atoms with Crippen LogP contribution in [0.4, 0.5) is 0 Å². The van der Waals surface area contributed by atoms with Crippen LogP contribution in [-0.2, 0) is 0 Å². The lowest BCUT2D eigenvalue weighted by Crippen LogP contribution is -1.80. The Hall–Kier alpha value is -2.90. The van der Waals surface area contributed by atoms with Crippen LogP contribution >= 0.6 is 11.3 Å². The summed E-state index contributed by atoms with van der Waals surface area (Å²) in [5.74, 6) is 0. The van der Waals surface area contributed by atoms with Crippen LogP contribution in [0.5, 0.6) is 0 Å². The van der Waals surface area contributed by atoms with Crippen LogP contribution in [0.1, 0.15) is 0 Å². The predicted octanol–water partition coefficient (Wildman–Crippen LogP) is 7.39. The van der Waals surface area contributed by atoms with Gasteiger partial charge in [-0.3, -0.25) is 0 Å². The number of hydrogen-bond acceptors (Lipinski definition) is 1. The molecule has 0 radical (unpaired) electrons. The molecule has 1 heteroatoms. The van der Waals surface area contributed by atoms with Crippen LogP contribution in [0, 0.1) is 0 Å². The highest BCUT2D eigenvalue weighted by atomic mass is 32.1. The third kappa shape index (κ3) is 2.54. The fraction of sp³-hybridized carbons (Fsp3) is 0. The molecule has 0 unspecified atom stereocenters. The van der Waals surface area contributed by atoms with Crippen molar-refractivity contribution in [3.05, 3.63) is 96.4 Å². The van der Waals surface area contributed by atoms with E-state index in [-0.39, 0.29) is 0 Å². The second-order valence-electron chi connectivity index (χ2n) is 6.29. The Morgan fingerprint density at radius 3 is 2.08 bits per heavy atom. The molecule has 0 atom stereocenters. The molecular formula is C24H16S. The molecule has 5 aromatic rings. The lowest BCUT2D eigenvalue weighted by atomic mass is 9.98. The highest BCUT2D eigenvalue weighted by Gasteiger charge is 2.09. The maximum atomic E-state index is 2.32. The summed E-state index contributed by atoms with van der Waals surface area (Å²) in [5.41, 5.74) is 3.88. The van der Waals surface area contributed by atoms with Gasteiger partial charge in [0.25, 0.3) is 0 Å². The van der Waals surface area contributed by atoms with E-state index in [0.29, 0.717) is 0 Å². The molecule has 25 heavy (non-hydrogen) atoms. The van der Waals surface area contributed by atoms with Crippen LogP contribution in [0.25, 0.3) is 43.1 Å². The molecule has 4 aromatic carbocycles. The quantitative estimate of drug-likeness (QED) is 0.295. The Bertz CT molecular complexity index is 1180. The minimum Gasteiger partial charge on any atom is -0.143 e. The second-order valence-corrected chi connectivity index (χ2v) is 7.20. The van der Waals surface area contributed by atoms with E-state index in [4.69, 9.17) is 0 Å². The fourth-order valence-corrected chi connectivity index (χ4v) is 4.40. The maximum absolute atomic E-state index is 2.32. The van der Waals surface area contributed by atoms with Gasteiger partial charge in [-0.05, 0) is 61.8 Å². The number of fused-ring (bicyclic) bond motifs is 2. The van der Waals surface area contributed by atoms with Crippen LogP contribution < -0.4 is 0 Å². The van der Waals surface area contributed by atoms with Gasteiger partial charge >= 0.3 is 0 Å². The Morgan fingerprint density at radius 2 is 1.24 bits per heavy atom. The molecule has 5 rings (SSSR count). The largest absolute Gasteiger partial charge is 0.143 e. The van der Waals surface area contributed by atoms with Crippen molar-refractivity contribution in [1.82, 2.24) is 0 Å². The molecule has 0 amide bonds. The van der Waals surface area contributed by atoms with Crippen molar-refractivity contribution in [1.29, 1.82) is 0 Å². The van der Waals surface area contributed by atoms with E-state index in [1.165, 1.54) is 43.1 Å². The molecule has 0 spiro atoms. The van der Waals surface area contributed by atoms with Gasteiger partial charge in [0, 0.05) is 4.88 Å². The van der Waals surface area contributed by atoms with Crippen molar-refractivity contribution in [3.8, 4) is 21.6 Å². The SMILES string of the molecule is c1ccc(-c2csc(-c3cccc4cc5ccccc5cc34)c2)cc1. The molecular weight excluding hydrogens is 320 g/mol. The monoisotopic (exact) mass is 336 g/mol. The average molecular weight is 336 g/mol. The minimum absolute atomic E-state index is 1.27. The number of benzene rings is 4. The lowest BCUT2D eigenvalue weighted by molar-refractivity contribution is 1.67. The first-order chi connectivity index (χ1) is 12.4. The molecule has 0 aliphatic heterocycles. The highest BCUT2D eigenvalue weighted by Crippen LogP contribution is 2.37. The molecule has 0 aliphatic rings. The molecule has 118 valence electrons. The van der Waals surface area contributed by atoms with Gasteiger partial charge in [-0.2, -0.15) is 0 Å². The molecule has 0 fully saturated rings. The third-order valence-electron chi connectivity index (χ3n) is 4.72. The summed E-state index contributed by atoms with van der Waals surface area (Å²) < 4.78 is 0. The molecule has 0 saturated carbocycles. The Balaban J connectivity index is 1.70. The standard InChI is InChI=1S/C24H16S/c1-2-7-17(8-3-1)21-15-24(25-16-21)22-12-6-11-20-13-18-9-4-5-10-19(18)14-23(20)22/h1-16H. The Labute approximate surface area is 151 Å². The fourth-order valence-electron chi connectivity index (χ4n) is 3.44. The topological polar surface area (TPSA) is 0 Å². The van der Waals surface area contributed by atoms with Crippen LogP contribution in [0.15, 0.2) is 96.4 Å². The van der Waals surface area contributed by atoms with E-state index >= 15 is 0 Å². The average Bonchev–Trinajstić information content (AvgIpc) is 3.16. The van der Waals surface area contributed by atoms with Crippen LogP contribution in [-0.4, -0.2) is 0 Å². The first kappa shape index (κ1) is 14.4. The normalized spacial score (nSPS) is 11.2. The van der Waals surface area contributed by atoms with Crippen molar-refractivity contribution >= 4 is 32.9 Å². The molecule has 0 nitrogen and oxygen atoms in total. The smallest absolute Gasteiger partial charge is 0.0355 e. The number of rotatable bonds is 2. The Kier molecular flexibility index (Phi) is 3.39. The zero-order chi connectivity index (χ0) is 16.6. The molecule has 0 saturated heterocycles. The lowest BCUT2D eigenvalue weighted by Gasteiger charge is -2.07. The highest BCUT2D eigenvalue weighted by molar-refractivity contribution is 7.14. The zero-order valence-corrected chi connectivity index (χ0v) is 14.5. The first-order valence-corrected chi connectivity index (χ1v) is 9.32. The summed E-state index contributed by atoms with van der Waals surface area (Å²) in [5, 5.41) is 7.46. The van der Waals surface area contributed by atoms with E-state index in [1.807, 2.05) is 11.3 Å². The van der Waals surface area contributed by atoms with Crippen LogP contribution in [0.2, 0.25) is 0 Å². The summed E-state index contributed by atoms with van der Waals surface area (Å²) in [7, 11) is 0. The zero-order valence-electron chi connectivity index (χ0n) is 13.6. The van der Waals surface area contributed by atoms with E-state index in [0.717, 1.165) is 0 Å². The first-order valence-electron chi connectivity index (χ1n) is 8.44. The van der Waals surface area contributed by atoms with Gasteiger partial charge in [-0.1, -0.05) is 72.8 Å². The van der Waals surface area contributed by atoms with Gasteiger partial charge in [0.2, 0.25) is 0 Å².